The summed E-state index contributed by atoms with van der Waals surface area (Å²) in [6.07, 6.45) is 6.23. The fraction of sp³-hybridized carbons (Fsp3) is 0.478. The molecule has 2 saturated heterocycles. The summed E-state index contributed by atoms with van der Waals surface area (Å²) in [6.45, 7) is 5.75. The first-order valence-electron chi connectivity index (χ1n) is 11.0. The monoisotopic (exact) mass is 407 g/mol. The van der Waals surface area contributed by atoms with Crippen LogP contribution in [0, 0.1) is 0 Å². The van der Waals surface area contributed by atoms with Gasteiger partial charge in [0.1, 0.15) is 5.82 Å². The molecule has 2 fully saturated rings. The summed E-state index contributed by atoms with van der Waals surface area (Å²) in [7, 11) is 0. The lowest BCUT2D eigenvalue weighted by Crippen LogP contribution is -2.44. The Hall–Kier alpha value is -2.80. The smallest absolute Gasteiger partial charge is 0.411 e. The number of carbonyl (C=O) groups is 1. The Bertz CT molecular complexity index is 889. The van der Waals surface area contributed by atoms with Crippen molar-refractivity contribution in [1.29, 1.82) is 0 Å². The van der Waals surface area contributed by atoms with Gasteiger partial charge in [-0.25, -0.2) is 9.78 Å². The highest BCUT2D eigenvalue weighted by atomic mass is 16.4. The van der Waals surface area contributed by atoms with Crippen molar-refractivity contribution in [2.24, 2.45) is 0 Å². The summed E-state index contributed by atoms with van der Waals surface area (Å²) >= 11 is 0. The SMILES string of the molecule is O=C(O)N1CCN(c2ccc(N3CCC(N4CCCC4)CC3)cn2)c2ccccc21. The summed E-state index contributed by atoms with van der Waals surface area (Å²) in [5, 5.41) is 9.49. The number of amides is 1. The van der Waals surface area contributed by atoms with Crippen LogP contribution >= 0.6 is 0 Å². The lowest BCUT2D eigenvalue weighted by Gasteiger charge is -2.38. The van der Waals surface area contributed by atoms with Gasteiger partial charge < -0.3 is 19.8 Å². The fourth-order valence-electron chi connectivity index (χ4n) is 5.12. The van der Waals surface area contributed by atoms with Crippen LogP contribution in [0.15, 0.2) is 42.6 Å². The summed E-state index contributed by atoms with van der Waals surface area (Å²) in [5.74, 6) is 0.864. The molecule has 0 saturated carbocycles. The Balaban J connectivity index is 1.29. The second-order valence-electron chi connectivity index (χ2n) is 8.41. The van der Waals surface area contributed by atoms with Crippen molar-refractivity contribution in [1.82, 2.24) is 9.88 Å². The molecule has 158 valence electrons. The van der Waals surface area contributed by atoms with Crippen LogP contribution in [0.3, 0.4) is 0 Å². The molecule has 4 heterocycles. The second-order valence-corrected chi connectivity index (χ2v) is 8.41. The normalized spacial score (nSPS) is 20.5. The van der Waals surface area contributed by atoms with Gasteiger partial charge in [0, 0.05) is 32.2 Å². The van der Waals surface area contributed by atoms with E-state index in [9.17, 15) is 9.90 Å². The topological polar surface area (TPSA) is 63.2 Å². The van der Waals surface area contributed by atoms with Crippen LogP contribution in [0.25, 0.3) is 0 Å². The Morgan fingerprint density at radius 3 is 2.30 bits per heavy atom. The van der Waals surface area contributed by atoms with Gasteiger partial charge in [0.15, 0.2) is 0 Å². The molecule has 0 radical (unpaired) electrons. The standard InChI is InChI=1S/C23H29N5O2/c29-23(30)28-16-15-27(20-5-1-2-6-21(20)28)22-8-7-19(17-24-22)26-13-9-18(10-14-26)25-11-3-4-12-25/h1-2,5-8,17-18H,3-4,9-16H2,(H,29,30). The zero-order valence-corrected chi connectivity index (χ0v) is 17.3. The summed E-state index contributed by atoms with van der Waals surface area (Å²) in [6, 6.07) is 12.6. The van der Waals surface area contributed by atoms with E-state index in [2.05, 4.69) is 26.8 Å². The van der Waals surface area contributed by atoms with Crippen molar-refractivity contribution in [3.8, 4) is 0 Å². The van der Waals surface area contributed by atoms with E-state index in [1.807, 2.05) is 30.5 Å². The number of fused-ring (bicyclic) bond motifs is 1. The number of rotatable bonds is 3. The van der Waals surface area contributed by atoms with Gasteiger partial charge in [-0.05, 0) is 63.0 Å². The summed E-state index contributed by atoms with van der Waals surface area (Å²) < 4.78 is 0. The molecule has 3 aliphatic rings. The highest BCUT2D eigenvalue weighted by Gasteiger charge is 2.29. The van der Waals surface area contributed by atoms with E-state index in [1.54, 1.807) is 0 Å². The third-order valence-electron chi connectivity index (χ3n) is 6.74. The molecule has 7 nitrogen and oxygen atoms in total. The molecular weight excluding hydrogens is 378 g/mol. The molecule has 30 heavy (non-hydrogen) atoms. The quantitative estimate of drug-likeness (QED) is 0.835. The minimum atomic E-state index is -0.914. The van der Waals surface area contributed by atoms with E-state index in [4.69, 9.17) is 4.98 Å². The minimum absolute atomic E-state index is 0.430. The Labute approximate surface area is 177 Å². The van der Waals surface area contributed by atoms with Crippen LogP contribution in [0.4, 0.5) is 27.7 Å². The number of piperidine rings is 1. The van der Waals surface area contributed by atoms with Crippen molar-refractivity contribution >= 4 is 29.0 Å². The van der Waals surface area contributed by atoms with Crippen LogP contribution in [-0.2, 0) is 0 Å². The first-order valence-corrected chi connectivity index (χ1v) is 11.0. The lowest BCUT2D eigenvalue weighted by atomic mass is 10.0. The average Bonchev–Trinajstić information content (AvgIpc) is 3.33. The average molecular weight is 408 g/mol. The first-order chi connectivity index (χ1) is 14.7. The van der Waals surface area contributed by atoms with Crippen LogP contribution in [-0.4, -0.2) is 66.4 Å². The molecule has 0 bridgehead atoms. The van der Waals surface area contributed by atoms with Crippen molar-refractivity contribution in [3.05, 3.63) is 42.6 Å². The number of anilines is 4. The van der Waals surface area contributed by atoms with Gasteiger partial charge in [-0.3, -0.25) is 4.90 Å². The lowest BCUT2D eigenvalue weighted by molar-refractivity contribution is 0.201. The van der Waals surface area contributed by atoms with Crippen molar-refractivity contribution in [3.63, 3.8) is 0 Å². The van der Waals surface area contributed by atoms with Gasteiger partial charge in [0.2, 0.25) is 0 Å². The number of nitrogens with zero attached hydrogens (tertiary/aromatic N) is 5. The zero-order valence-electron chi connectivity index (χ0n) is 17.3. The molecule has 0 spiro atoms. The number of carboxylic acid groups (broad SMARTS) is 1. The predicted molar refractivity (Wildman–Crippen MR) is 119 cm³/mol. The number of aromatic nitrogens is 1. The summed E-state index contributed by atoms with van der Waals surface area (Å²) in [5.41, 5.74) is 2.78. The molecule has 1 amide bonds. The third kappa shape index (κ3) is 3.58. The Kier molecular flexibility index (Phi) is 5.21. The first kappa shape index (κ1) is 19.2. The third-order valence-corrected chi connectivity index (χ3v) is 6.74. The molecule has 1 aromatic carbocycles. The van der Waals surface area contributed by atoms with Crippen LogP contribution in [0.1, 0.15) is 25.7 Å². The van der Waals surface area contributed by atoms with E-state index in [0.29, 0.717) is 18.8 Å². The van der Waals surface area contributed by atoms with Gasteiger partial charge in [0.25, 0.3) is 0 Å². The molecule has 1 aromatic heterocycles. The van der Waals surface area contributed by atoms with Gasteiger partial charge >= 0.3 is 6.09 Å². The van der Waals surface area contributed by atoms with Gasteiger partial charge in [0.05, 0.1) is 23.3 Å². The number of hydrogen-bond donors (Lipinski definition) is 1. The molecule has 5 rings (SSSR count). The molecule has 7 heteroatoms. The van der Waals surface area contributed by atoms with E-state index >= 15 is 0 Å². The van der Waals surface area contributed by atoms with Crippen LogP contribution in [0.5, 0.6) is 0 Å². The van der Waals surface area contributed by atoms with E-state index in [1.165, 1.54) is 49.4 Å². The number of hydrogen-bond acceptors (Lipinski definition) is 5. The maximum atomic E-state index is 11.6. The molecule has 0 atom stereocenters. The van der Waals surface area contributed by atoms with Crippen LogP contribution in [0.2, 0.25) is 0 Å². The Morgan fingerprint density at radius 2 is 1.63 bits per heavy atom. The van der Waals surface area contributed by atoms with Gasteiger partial charge in [-0.15, -0.1) is 0 Å². The van der Waals surface area contributed by atoms with Crippen molar-refractivity contribution in [2.45, 2.75) is 31.7 Å². The van der Waals surface area contributed by atoms with Crippen LogP contribution < -0.4 is 14.7 Å². The largest absolute Gasteiger partial charge is 0.465 e. The highest BCUT2D eigenvalue weighted by Crippen LogP contribution is 2.37. The number of para-hydroxylation sites is 2. The number of likely N-dealkylation sites (tertiary alicyclic amines) is 1. The fourth-order valence-corrected chi connectivity index (χ4v) is 5.12. The minimum Gasteiger partial charge on any atom is -0.465 e. The zero-order chi connectivity index (χ0) is 20.5. The molecule has 1 N–H and O–H groups in total. The second kappa shape index (κ2) is 8.14. The predicted octanol–water partition coefficient (Wildman–Crippen LogP) is 3.78. The molecular formula is C23H29N5O2. The van der Waals surface area contributed by atoms with Crippen molar-refractivity contribution in [2.75, 3.05) is 54.0 Å². The van der Waals surface area contributed by atoms with E-state index in [-0.39, 0.29) is 0 Å². The molecule has 0 aliphatic carbocycles. The van der Waals surface area contributed by atoms with Gasteiger partial charge in [-0.2, -0.15) is 0 Å². The van der Waals surface area contributed by atoms with E-state index in [0.717, 1.165) is 30.6 Å². The maximum absolute atomic E-state index is 11.6. The Morgan fingerprint density at radius 1 is 0.900 bits per heavy atom. The van der Waals surface area contributed by atoms with E-state index < -0.39 is 6.09 Å². The molecule has 0 unspecified atom stereocenters. The highest BCUT2D eigenvalue weighted by molar-refractivity contribution is 5.93. The summed E-state index contributed by atoms with van der Waals surface area (Å²) in [4.78, 5) is 25.0. The number of benzene rings is 1. The number of pyridine rings is 1. The molecule has 2 aromatic rings. The van der Waals surface area contributed by atoms with Gasteiger partial charge in [-0.1, -0.05) is 12.1 Å². The molecule has 3 aliphatic heterocycles. The van der Waals surface area contributed by atoms with Crippen molar-refractivity contribution < 1.29 is 9.90 Å². The maximum Gasteiger partial charge on any atom is 0.411 e.